The van der Waals surface area contributed by atoms with E-state index < -0.39 is 5.97 Å². The van der Waals surface area contributed by atoms with Crippen LogP contribution in [0.3, 0.4) is 0 Å². The van der Waals surface area contributed by atoms with Gasteiger partial charge in [0.25, 0.3) is 0 Å². The highest BCUT2D eigenvalue weighted by Gasteiger charge is 2.27. The van der Waals surface area contributed by atoms with Crippen molar-refractivity contribution in [3.05, 3.63) is 35.9 Å². The van der Waals surface area contributed by atoms with Crippen LogP contribution in [0.15, 0.2) is 30.3 Å². The van der Waals surface area contributed by atoms with Gasteiger partial charge >= 0.3 is 5.97 Å². The van der Waals surface area contributed by atoms with Gasteiger partial charge in [0.05, 0.1) is 6.42 Å². The Kier molecular flexibility index (Phi) is 5.37. The molecule has 1 aromatic carbocycles. The van der Waals surface area contributed by atoms with E-state index in [1.165, 1.54) is 6.42 Å². The number of nitrogens with zero attached hydrogens (tertiary/aromatic N) is 1. The Labute approximate surface area is 125 Å². The van der Waals surface area contributed by atoms with Crippen molar-refractivity contribution in [2.45, 2.75) is 51.0 Å². The Hall–Kier alpha value is -1.84. The van der Waals surface area contributed by atoms with Crippen molar-refractivity contribution < 1.29 is 14.7 Å². The minimum Gasteiger partial charge on any atom is -0.481 e. The molecule has 2 unspecified atom stereocenters. The molecule has 4 heteroatoms. The maximum absolute atomic E-state index is 12.5. The average Bonchev–Trinajstić information content (AvgIpc) is 2.47. The number of carboxylic acid groups (broad SMARTS) is 1. The third-order valence-corrected chi connectivity index (χ3v) is 4.24. The lowest BCUT2D eigenvalue weighted by atomic mass is 9.91. The van der Waals surface area contributed by atoms with Gasteiger partial charge in [-0.3, -0.25) is 9.59 Å². The minimum atomic E-state index is -0.858. The third-order valence-electron chi connectivity index (χ3n) is 4.24. The van der Waals surface area contributed by atoms with Crippen LogP contribution in [0.2, 0.25) is 0 Å². The van der Waals surface area contributed by atoms with E-state index in [1.54, 1.807) is 0 Å². The van der Waals surface area contributed by atoms with E-state index in [1.807, 2.05) is 35.2 Å². The molecule has 2 atom stereocenters. The number of hydrogen-bond donors (Lipinski definition) is 1. The molecule has 4 nitrogen and oxygen atoms in total. The van der Waals surface area contributed by atoms with Gasteiger partial charge in [0, 0.05) is 24.9 Å². The molecule has 1 aromatic rings. The summed E-state index contributed by atoms with van der Waals surface area (Å²) < 4.78 is 0. The van der Waals surface area contributed by atoms with Crippen LogP contribution >= 0.6 is 0 Å². The Bertz CT molecular complexity index is 486. The quantitative estimate of drug-likeness (QED) is 0.906. The fourth-order valence-corrected chi connectivity index (χ4v) is 3.04. The van der Waals surface area contributed by atoms with Crippen molar-refractivity contribution >= 4 is 11.9 Å². The molecular formula is C17H23NO3. The number of carbonyl (C=O) groups is 2. The van der Waals surface area contributed by atoms with E-state index in [9.17, 15) is 9.59 Å². The average molecular weight is 289 g/mol. The number of likely N-dealkylation sites (tertiary alicyclic amines) is 1. The van der Waals surface area contributed by atoms with E-state index in [0.717, 1.165) is 24.9 Å². The molecule has 1 aliphatic heterocycles. The van der Waals surface area contributed by atoms with Crippen molar-refractivity contribution in [2.75, 3.05) is 6.54 Å². The van der Waals surface area contributed by atoms with E-state index in [4.69, 9.17) is 5.11 Å². The molecule has 21 heavy (non-hydrogen) atoms. The van der Waals surface area contributed by atoms with Gasteiger partial charge in [0.2, 0.25) is 5.91 Å². The van der Waals surface area contributed by atoms with Crippen LogP contribution in [-0.2, 0) is 9.59 Å². The fourth-order valence-electron chi connectivity index (χ4n) is 3.04. The zero-order chi connectivity index (χ0) is 15.2. The maximum atomic E-state index is 12.5. The topological polar surface area (TPSA) is 57.6 Å². The van der Waals surface area contributed by atoms with Gasteiger partial charge in [-0.25, -0.2) is 0 Å². The Morgan fingerprint density at radius 2 is 1.95 bits per heavy atom. The molecule has 0 saturated carbocycles. The first-order valence-corrected chi connectivity index (χ1v) is 7.64. The molecule has 0 aromatic heterocycles. The normalized spacial score (nSPS) is 20.0. The zero-order valence-corrected chi connectivity index (χ0v) is 12.5. The fraction of sp³-hybridized carbons (Fsp3) is 0.529. The smallest absolute Gasteiger partial charge is 0.303 e. The molecule has 1 heterocycles. The molecule has 0 aliphatic carbocycles. The highest BCUT2D eigenvalue weighted by Crippen LogP contribution is 2.26. The number of carbonyl (C=O) groups excluding carboxylic acids is 1. The Balaban J connectivity index is 2.07. The second kappa shape index (κ2) is 7.25. The second-order valence-corrected chi connectivity index (χ2v) is 5.84. The predicted molar refractivity (Wildman–Crippen MR) is 81.1 cm³/mol. The van der Waals surface area contributed by atoms with E-state index >= 15 is 0 Å². The van der Waals surface area contributed by atoms with Crippen LogP contribution in [0.25, 0.3) is 0 Å². The molecule has 1 amide bonds. The van der Waals surface area contributed by atoms with Gasteiger partial charge in [-0.15, -0.1) is 0 Å². The summed E-state index contributed by atoms with van der Waals surface area (Å²) >= 11 is 0. The summed E-state index contributed by atoms with van der Waals surface area (Å²) in [6.45, 7) is 2.88. The highest BCUT2D eigenvalue weighted by atomic mass is 16.4. The summed E-state index contributed by atoms with van der Waals surface area (Å²) in [5, 5.41) is 9.10. The summed E-state index contributed by atoms with van der Waals surface area (Å²) in [7, 11) is 0. The Morgan fingerprint density at radius 1 is 1.24 bits per heavy atom. The first-order chi connectivity index (χ1) is 10.1. The lowest BCUT2D eigenvalue weighted by Gasteiger charge is -2.34. The molecule has 1 N–H and O–H groups in total. The first-order valence-electron chi connectivity index (χ1n) is 7.64. The van der Waals surface area contributed by atoms with Gasteiger partial charge < -0.3 is 10.0 Å². The SMILES string of the molecule is CC1CCCCN1C(=O)CC(CC(=O)O)c1ccccc1. The number of rotatable bonds is 5. The van der Waals surface area contributed by atoms with Gasteiger partial charge in [-0.05, 0) is 31.7 Å². The van der Waals surface area contributed by atoms with Crippen molar-refractivity contribution in [1.29, 1.82) is 0 Å². The zero-order valence-electron chi connectivity index (χ0n) is 12.5. The van der Waals surface area contributed by atoms with Crippen LogP contribution in [-0.4, -0.2) is 34.5 Å². The second-order valence-electron chi connectivity index (χ2n) is 5.84. The number of amides is 1. The Morgan fingerprint density at radius 3 is 2.57 bits per heavy atom. The van der Waals surface area contributed by atoms with Crippen LogP contribution in [0.5, 0.6) is 0 Å². The number of aliphatic carboxylic acids is 1. The lowest BCUT2D eigenvalue weighted by molar-refractivity contribution is -0.138. The summed E-state index contributed by atoms with van der Waals surface area (Å²) in [4.78, 5) is 25.5. The number of piperidine rings is 1. The van der Waals surface area contributed by atoms with Crippen LogP contribution in [0, 0.1) is 0 Å². The van der Waals surface area contributed by atoms with E-state index in [2.05, 4.69) is 6.92 Å². The van der Waals surface area contributed by atoms with Crippen LogP contribution in [0.4, 0.5) is 0 Å². The molecule has 0 spiro atoms. The summed E-state index contributed by atoms with van der Waals surface area (Å²) in [6, 6.07) is 9.75. The molecule has 1 aliphatic rings. The monoisotopic (exact) mass is 289 g/mol. The van der Waals surface area contributed by atoms with Gasteiger partial charge in [-0.2, -0.15) is 0 Å². The third kappa shape index (κ3) is 4.31. The van der Waals surface area contributed by atoms with Gasteiger partial charge in [-0.1, -0.05) is 30.3 Å². The van der Waals surface area contributed by atoms with Crippen molar-refractivity contribution in [2.24, 2.45) is 0 Å². The summed E-state index contributed by atoms with van der Waals surface area (Å²) in [5.41, 5.74) is 0.929. The standard InChI is InChI=1S/C17H23NO3/c1-13-7-5-6-10-18(13)16(19)11-15(12-17(20)21)14-8-3-2-4-9-14/h2-4,8-9,13,15H,5-7,10-12H2,1H3,(H,20,21). The molecule has 1 fully saturated rings. The molecular weight excluding hydrogens is 266 g/mol. The highest BCUT2D eigenvalue weighted by molar-refractivity contribution is 5.79. The summed E-state index contributed by atoms with van der Waals surface area (Å²) in [6.07, 6.45) is 3.53. The van der Waals surface area contributed by atoms with Gasteiger partial charge in [0.1, 0.15) is 0 Å². The van der Waals surface area contributed by atoms with E-state index in [-0.39, 0.29) is 30.7 Å². The number of hydrogen-bond acceptors (Lipinski definition) is 2. The summed E-state index contributed by atoms with van der Waals surface area (Å²) in [5.74, 6) is -1.02. The molecule has 0 radical (unpaired) electrons. The maximum Gasteiger partial charge on any atom is 0.303 e. The minimum absolute atomic E-state index is 0.00201. The van der Waals surface area contributed by atoms with E-state index in [0.29, 0.717) is 0 Å². The van der Waals surface area contributed by atoms with Crippen molar-refractivity contribution in [1.82, 2.24) is 4.90 Å². The van der Waals surface area contributed by atoms with Crippen molar-refractivity contribution in [3.63, 3.8) is 0 Å². The predicted octanol–water partition coefficient (Wildman–Crippen LogP) is 3.04. The van der Waals surface area contributed by atoms with Crippen molar-refractivity contribution in [3.8, 4) is 0 Å². The first kappa shape index (κ1) is 15.5. The van der Waals surface area contributed by atoms with Gasteiger partial charge in [0.15, 0.2) is 0 Å². The molecule has 0 bridgehead atoms. The largest absolute Gasteiger partial charge is 0.481 e. The lowest BCUT2D eigenvalue weighted by Crippen LogP contribution is -2.42. The molecule has 1 saturated heterocycles. The van der Waals surface area contributed by atoms with Crippen LogP contribution < -0.4 is 0 Å². The number of carboxylic acids is 1. The molecule has 2 rings (SSSR count). The molecule has 114 valence electrons. The number of benzene rings is 1. The van der Waals surface area contributed by atoms with Crippen LogP contribution in [0.1, 0.15) is 50.5 Å².